The molecule has 0 aromatic heterocycles. The third-order valence-corrected chi connectivity index (χ3v) is 1.55. The third-order valence-electron chi connectivity index (χ3n) is 1.08. The molecule has 0 saturated heterocycles. The lowest BCUT2D eigenvalue weighted by atomic mass is 10.2. The van der Waals surface area contributed by atoms with E-state index in [4.69, 9.17) is 16.3 Å². The average molecular weight is 165 g/mol. The summed E-state index contributed by atoms with van der Waals surface area (Å²) in [7, 11) is 0. The fourth-order valence-electron chi connectivity index (χ4n) is 0.408. The Kier molecular flexibility index (Phi) is 5.40. The number of hydrogen-bond acceptors (Lipinski definition) is 2. The Morgan fingerprint density at radius 2 is 2.30 bits per heavy atom. The third kappa shape index (κ3) is 3.72. The summed E-state index contributed by atoms with van der Waals surface area (Å²) < 4.78 is 4.82. The van der Waals surface area contributed by atoms with Gasteiger partial charge in [-0.25, -0.2) is 0 Å². The number of esters is 1. The molecular weight excluding hydrogens is 152 g/mol. The minimum absolute atomic E-state index is 0.173. The molecule has 60 valence electrons. The maximum atomic E-state index is 10.8. The van der Waals surface area contributed by atoms with Gasteiger partial charge < -0.3 is 4.74 Å². The van der Waals surface area contributed by atoms with Gasteiger partial charge in [0.25, 0.3) is 0 Å². The van der Waals surface area contributed by atoms with E-state index >= 15 is 0 Å². The zero-order chi connectivity index (χ0) is 7.98. The predicted molar refractivity (Wildman–Crippen MR) is 41.1 cm³/mol. The quantitative estimate of drug-likeness (QED) is 0.468. The van der Waals surface area contributed by atoms with Crippen LogP contribution in [-0.4, -0.2) is 18.5 Å². The highest BCUT2D eigenvalue weighted by atomic mass is 35.5. The summed E-state index contributed by atoms with van der Waals surface area (Å²) in [5.41, 5.74) is 0. The molecular formula is C7H13ClO2. The highest BCUT2D eigenvalue weighted by Crippen LogP contribution is 2.00. The number of hydrogen-bond donors (Lipinski definition) is 0. The van der Waals surface area contributed by atoms with Crippen LogP contribution in [0.5, 0.6) is 0 Å². The van der Waals surface area contributed by atoms with Gasteiger partial charge >= 0.3 is 5.97 Å². The van der Waals surface area contributed by atoms with Gasteiger partial charge in [0, 0.05) is 5.88 Å². The lowest BCUT2D eigenvalue weighted by Crippen LogP contribution is -2.16. The van der Waals surface area contributed by atoms with Gasteiger partial charge in [-0.2, -0.15) is 0 Å². The molecule has 0 radical (unpaired) electrons. The van der Waals surface area contributed by atoms with Gasteiger partial charge in [0.2, 0.25) is 0 Å². The molecule has 0 heterocycles. The van der Waals surface area contributed by atoms with Gasteiger partial charge in [0.15, 0.2) is 0 Å². The number of ether oxygens (including phenoxy) is 1. The zero-order valence-corrected chi connectivity index (χ0v) is 7.15. The van der Waals surface area contributed by atoms with Crippen LogP contribution >= 0.6 is 11.6 Å². The molecule has 0 saturated carbocycles. The second kappa shape index (κ2) is 5.54. The van der Waals surface area contributed by atoms with Gasteiger partial charge in [0.05, 0.1) is 12.5 Å². The number of halogens is 1. The van der Waals surface area contributed by atoms with Gasteiger partial charge in [-0.05, 0) is 6.42 Å². The van der Waals surface area contributed by atoms with Crippen LogP contribution in [0.2, 0.25) is 0 Å². The zero-order valence-electron chi connectivity index (χ0n) is 6.39. The van der Waals surface area contributed by atoms with E-state index in [0.717, 1.165) is 6.42 Å². The number of alkyl halides is 1. The van der Waals surface area contributed by atoms with Crippen molar-refractivity contribution in [3.05, 3.63) is 0 Å². The monoisotopic (exact) mass is 164 g/mol. The topological polar surface area (TPSA) is 26.3 Å². The van der Waals surface area contributed by atoms with Gasteiger partial charge in [-0.1, -0.05) is 13.8 Å². The minimum Gasteiger partial charge on any atom is -0.465 e. The van der Waals surface area contributed by atoms with Crippen LogP contribution in [0.1, 0.15) is 20.3 Å². The SMILES string of the molecule is CCCOC(=O)C(C)CCl. The van der Waals surface area contributed by atoms with Crippen molar-refractivity contribution >= 4 is 17.6 Å². The van der Waals surface area contributed by atoms with Crippen molar-refractivity contribution in [3.63, 3.8) is 0 Å². The second-order valence-electron chi connectivity index (χ2n) is 2.22. The standard InChI is InChI=1S/C7H13ClO2/c1-3-4-10-7(9)6(2)5-8/h6H,3-5H2,1-2H3. The summed E-state index contributed by atoms with van der Waals surface area (Å²) in [6.45, 7) is 4.21. The smallest absolute Gasteiger partial charge is 0.309 e. The van der Waals surface area contributed by atoms with Crippen LogP contribution in [-0.2, 0) is 9.53 Å². The van der Waals surface area contributed by atoms with Gasteiger partial charge in [0.1, 0.15) is 0 Å². The molecule has 0 aliphatic heterocycles. The molecule has 0 rings (SSSR count). The van der Waals surface area contributed by atoms with Crippen molar-refractivity contribution < 1.29 is 9.53 Å². The fourth-order valence-corrected chi connectivity index (χ4v) is 0.534. The molecule has 0 spiro atoms. The van der Waals surface area contributed by atoms with Crippen molar-refractivity contribution in [1.29, 1.82) is 0 Å². The first-order valence-electron chi connectivity index (χ1n) is 3.45. The van der Waals surface area contributed by atoms with E-state index in [0.29, 0.717) is 12.5 Å². The molecule has 10 heavy (non-hydrogen) atoms. The predicted octanol–water partition coefficient (Wildman–Crippen LogP) is 1.81. The van der Waals surface area contributed by atoms with Crippen molar-refractivity contribution in [2.45, 2.75) is 20.3 Å². The molecule has 0 aromatic rings. The molecule has 2 nitrogen and oxygen atoms in total. The molecule has 0 amide bonds. The Hall–Kier alpha value is -0.240. The molecule has 0 N–H and O–H groups in total. The highest BCUT2D eigenvalue weighted by molar-refractivity contribution is 6.19. The van der Waals surface area contributed by atoms with Crippen LogP contribution in [0.15, 0.2) is 0 Å². The number of rotatable bonds is 4. The minimum atomic E-state index is -0.197. The van der Waals surface area contributed by atoms with Crippen LogP contribution in [0.25, 0.3) is 0 Å². The number of carbonyl (C=O) groups is 1. The second-order valence-corrected chi connectivity index (χ2v) is 2.53. The lowest BCUT2D eigenvalue weighted by Gasteiger charge is -2.06. The summed E-state index contributed by atoms with van der Waals surface area (Å²) >= 11 is 5.42. The van der Waals surface area contributed by atoms with Crippen LogP contribution in [0.4, 0.5) is 0 Å². The molecule has 1 atom stereocenters. The van der Waals surface area contributed by atoms with E-state index in [2.05, 4.69) is 0 Å². The average Bonchev–Trinajstić information content (AvgIpc) is 1.98. The summed E-state index contributed by atoms with van der Waals surface area (Å²) in [6, 6.07) is 0. The van der Waals surface area contributed by atoms with Crippen molar-refractivity contribution in [1.82, 2.24) is 0 Å². The Labute approximate surface area is 66.5 Å². The van der Waals surface area contributed by atoms with Gasteiger partial charge in [-0.15, -0.1) is 11.6 Å². The Balaban J connectivity index is 3.42. The first kappa shape index (κ1) is 9.76. The number of carbonyl (C=O) groups excluding carboxylic acids is 1. The van der Waals surface area contributed by atoms with E-state index in [-0.39, 0.29) is 11.9 Å². The van der Waals surface area contributed by atoms with E-state index in [1.807, 2.05) is 6.92 Å². The normalized spacial score (nSPS) is 12.7. The summed E-state index contributed by atoms with van der Waals surface area (Å²) in [4.78, 5) is 10.8. The molecule has 0 fully saturated rings. The van der Waals surface area contributed by atoms with Crippen molar-refractivity contribution in [3.8, 4) is 0 Å². The molecule has 0 aromatic carbocycles. The Morgan fingerprint density at radius 3 is 2.70 bits per heavy atom. The Bertz CT molecular complexity index is 104. The summed E-state index contributed by atoms with van der Waals surface area (Å²) in [5.74, 6) is -0.0344. The Morgan fingerprint density at radius 1 is 1.70 bits per heavy atom. The lowest BCUT2D eigenvalue weighted by molar-refractivity contribution is -0.147. The van der Waals surface area contributed by atoms with Crippen LogP contribution in [0, 0.1) is 5.92 Å². The van der Waals surface area contributed by atoms with E-state index < -0.39 is 0 Å². The van der Waals surface area contributed by atoms with E-state index in [1.165, 1.54) is 0 Å². The van der Waals surface area contributed by atoms with Crippen molar-refractivity contribution in [2.75, 3.05) is 12.5 Å². The maximum absolute atomic E-state index is 10.8. The first-order chi connectivity index (χ1) is 4.72. The molecule has 1 unspecified atom stereocenters. The fraction of sp³-hybridized carbons (Fsp3) is 0.857. The van der Waals surface area contributed by atoms with E-state index in [9.17, 15) is 4.79 Å². The first-order valence-corrected chi connectivity index (χ1v) is 3.98. The van der Waals surface area contributed by atoms with Crippen LogP contribution in [0.3, 0.4) is 0 Å². The molecule has 3 heteroatoms. The summed E-state index contributed by atoms with van der Waals surface area (Å²) in [5, 5.41) is 0. The molecule has 0 bridgehead atoms. The van der Waals surface area contributed by atoms with Gasteiger partial charge in [-0.3, -0.25) is 4.79 Å². The highest BCUT2D eigenvalue weighted by Gasteiger charge is 2.11. The molecule has 0 aliphatic carbocycles. The maximum Gasteiger partial charge on any atom is 0.309 e. The van der Waals surface area contributed by atoms with E-state index in [1.54, 1.807) is 6.92 Å². The van der Waals surface area contributed by atoms with Crippen molar-refractivity contribution in [2.24, 2.45) is 5.92 Å². The van der Waals surface area contributed by atoms with Crippen LogP contribution < -0.4 is 0 Å². The largest absolute Gasteiger partial charge is 0.465 e. The summed E-state index contributed by atoms with van der Waals surface area (Å²) in [6.07, 6.45) is 0.862. The molecule has 0 aliphatic rings.